The van der Waals surface area contributed by atoms with Gasteiger partial charge in [-0.1, -0.05) is 30.3 Å². The Balaban J connectivity index is 1.60. The molecule has 1 heterocycles. The summed E-state index contributed by atoms with van der Waals surface area (Å²) >= 11 is 0. The summed E-state index contributed by atoms with van der Waals surface area (Å²) in [6.45, 7) is 2.57. The first kappa shape index (κ1) is 22.7. The number of hydrogen-bond acceptors (Lipinski definition) is 5. The van der Waals surface area contributed by atoms with Crippen molar-refractivity contribution in [3.63, 3.8) is 0 Å². The number of nitrogens with zero attached hydrogens (tertiary/aromatic N) is 1. The molecule has 1 aliphatic heterocycles. The van der Waals surface area contributed by atoms with Crippen LogP contribution in [0.5, 0.6) is 11.5 Å². The average Bonchev–Trinajstić information content (AvgIpc) is 3.28. The second-order valence-corrected chi connectivity index (χ2v) is 9.67. The van der Waals surface area contributed by atoms with Gasteiger partial charge in [-0.2, -0.15) is 0 Å². The van der Waals surface area contributed by atoms with Crippen LogP contribution in [0.2, 0.25) is 0 Å². The Morgan fingerprint density at radius 3 is 2.52 bits per heavy atom. The Kier molecular flexibility index (Phi) is 6.29. The maximum atomic E-state index is 13.4. The van der Waals surface area contributed by atoms with E-state index in [1.165, 1.54) is 29.6 Å². The van der Waals surface area contributed by atoms with E-state index < -0.39 is 15.9 Å². The first-order chi connectivity index (χ1) is 15.8. The number of anilines is 1. The van der Waals surface area contributed by atoms with Crippen molar-refractivity contribution in [2.45, 2.75) is 24.8 Å². The SMILES string of the molecule is COc1cc(CNC(=O)c2cc(S(=O)(=O)N3CCc4ccccc43)ccc2OC)ccc1C. The number of carbonyl (C=O) groups is 1. The molecule has 7 nitrogen and oxygen atoms in total. The van der Waals surface area contributed by atoms with Crippen molar-refractivity contribution >= 4 is 21.6 Å². The summed E-state index contributed by atoms with van der Waals surface area (Å²) < 4.78 is 38.8. The van der Waals surface area contributed by atoms with Gasteiger partial charge in [0.25, 0.3) is 15.9 Å². The van der Waals surface area contributed by atoms with Crippen LogP contribution < -0.4 is 19.1 Å². The highest BCUT2D eigenvalue weighted by Gasteiger charge is 2.31. The molecule has 0 radical (unpaired) electrons. The fourth-order valence-corrected chi connectivity index (χ4v) is 5.49. The van der Waals surface area contributed by atoms with Crippen LogP contribution in [0.4, 0.5) is 5.69 Å². The van der Waals surface area contributed by atoms with Crippen molar-refractivity contribution in [3.8, 4) is 11.5 Å². The smallest absolute Gasteiger partial charge is 0.264 e. The Labute approximate surface area is 194 Å². The van der Waals surface area contributed by atoms with Crippen LogP contribution in [-0.2, 0) is 23.0 Å². The van der Waals surface area contributed by atoms with Crippen molar-refractivity contribution in [1.82, 2.24) is 5.32 Å². The third kappa shape index (κ3) is 4.39. The van der Waals surface area contributed by atoms with Gasteiger partial charge in [0, 0.05) is 13.1 Å². The predicted molar refractivity (Wildman–Crippen MR) is 127 cm³/mol. The van der Waals surface area contributed by atoms with E-state index in [0.29, 0.717) is 24.4 Å². The Bertz CT molecular complexity index is 1300. The highest BCUT2D eigenvalue weighted by molar-refractivity contribution is 7.92. The zero-order chi connectivity index (χ0) is 23.6. The van der Waals surface area contributed by atoms with Crippen LogP contribution in [0.15, 0.2) is 65.6 Å². The van der Waals surface area contributed by atoms with Gasteiger partial charge in [0.15, 0.2) is 0 Å². The van der Waals surface area contributed by atoms with Crippen molar-refractivity contribution in [2.24, 2.45) is 0 Å². The van der Waals surface area contributed by atoms with Gasteiger partial charge in [0.05, 0.1) is 30.4 Å². The average molecular weight is 467 g/mol. The highest BCUT2D eigenvalue weighted by Crippen LogP contribution is 2.34. The molecular weight excluding hydrogens is 440 g/mol. The molecule has 0 aromatic heterocycles. The van der Waals surface area contributed by atoms with Crippen LogP contribution in [0, 0.1) is 6.92 Å². The molecule has 0 saturated heterocycles. The van der Waals surface area contributed by atoms with E-state index >= 15 is 0 Å². The maximum absolute atomic E-state index is 13.4. The second kappa shape index (κ2) is 9.15. The minimum Gasteiger partial charge on any atom is -0.496 e. The van der Waals surface area contributed by atoms with Gasteiger partial charge in [0.2, 0.25) is 0 Å². The zero-order valence-electron chi connectivity index (χ0n) is 18.8. The summed E-state index contributed by atoms with van der Waals surface area (Å²) in [5.41, 5.74) is 3.68. The fraction of sp³-hybridized carbons (Fsp3) is 0.240. The van der Waals surface area contributed by atoms with E-state index in [2.05, 4.69) is 5.32 Å². The molecule has 0 bridgehead atoms. The number of fused-ring (bicyclic) bond motifs is 1. The lowest BCUT2D eigenvalue weighted by Gasteiger charge is -2.20. The summed E-state index contributed by atoms with van der Waals surface area (Å²) in [6.07, 6.45) is 0.652. The first-order valence-corrected chi connectivity index (χ1v) is 12.0. The molecule has 1 N–H and O–H groups in total. The molecule has 33 heavy (non-hydrogen) atoms. The summed E-state index contributed by atoms with van der Waals surface area (Å²) in [7, 11) is -0.789. The van der Waals surface area contributed by atoms with Gasteiger partial charge in [-0.3, -0.25) is 9.10 Å². The minimum atomic E-state index is -3.83. The van der Waals surface area contributed by atoms with Crippen LogP contribution in [0.25, 0.3) is 0 Å². The number of benzene rings is 3. The summed E-state index contributed by atoms with van der Waals surface area (Å²) in [5, 5.41) is 2.84. The predicted octanol–water partition coefficient (Wildman–Crippen LogP) is 3.69. The van der Waals surface area contributed by atoms with Crippen LogP contribution in [0.1, 0.15) is 27.0 Å². The normalized spacial score (nSPS) is 12.9. The van der Waals surface area contributed by atoms with E-state index in [0.717, 1.165) is 22.4 Å². The molecule has 0 unspecified atom stereocenters. The maximum Gasteiger partial charge on any atom is 0.264 e. The molecule has 1 aliphatic rings. The van der Waals surface area contributed by atoms with Gasteiger partial charge in [0.1, 0.15) is 11.5 Å². The number of nitrogens with one attached hydrogen (secondary N) is 1. The lowest BCUT2D eigenvalue weighted by molar-refractivity contribution is 0.0947. The molecular formula is C25H26N2O5S. The number of amides is 1. The van der Waals surface area contributed by atoms with Gasteiger partial charge >= 0.3 is 0 Å². The number of para-hydroxylation sites is 1. The molecule has 0 spiro atoms. The molecule has 0 fully saturated rings. The lowest BCUT2D eigenvalue weighted by atomic mass is 10.1. The van der Waals surface area contributed by atoms with Crippen molar-refractivity contribution in [2.75, 3.05) is 25.1 Å². The van der Waals surface area contributed by atoms with Gasteiger partial charge in [-0.25, -0.2) is 8.42 Å². The first-order valence-electron chi connectivity index (χ1n) is 10.6. The highest BCUT2D eigenvalue weighted by atomic mass is 32.2. The van der Waals surface area contributed by atoms with E-state index in [9.17, 15) is 13.2 Å². The minimum absolute atomic E-state index is 0.0437. The largest absolute Gasteiger partial charge is 0.496 e. The van der Waals surface area contributed by atoms with E-state index in [1.54, 1.807) is 13.2 Å². The zero-order valence-corrected chi connectivity index (χ0v) is 19.6. The molecule has 1 amide bonds. The topological polar surface area (TPSA) is 84.9 Å². The molecule has 3 aromatic carbocycles. The van der Waals surface area contributed by atoms with Crippen LogP contribution in [-0.4, -0.2) is 35.1 Å². The number of aryl methyl sites for hydroxylation is 1. The van der Waals surface area contributed by atoms with Crippen molar-refractivity contribution < 1.29 is 22.7 Å². The summed E-state index contributed by atoms with van der Waals surface area (Å²) in [5.74, 6) is 0.610. The number of sulfonamides is 1. The monoisotopic (exact) mass is 466 g/mol. The second-order valence-electron chi connectivity index (χ2n) is 7.80. The number of hydrogen-bond donors (Lipinski definition) is 1. The molecule has 0 aliphatic carbocycles. The third-order valence-corrected chi connectivity index (χ3v) is 7.58. The van der Waals surface area contributed by atoms with Crippen LogP contribution >= 0.6 is 0 Å². The number of ether oxygens (including phenoxy) is 2. The standard InChI is InChI=1S/C25H26N2O5S/c1-17-8-9-18(14-24(17)32-3)16-26-25(28)21-15-20(10-11-23(21)31-2)33(29,30)27-13-12-19-6-4-5-7-22(19)27/h4-11,14-15H,12-13,16H2,1-3H3,(H,26,28). The number of methoxy groups -OCH3 is 2. The van der Waals surface area contributed by atoms with Gasteiger partial charge in [-0.15, -0.1) is 0 Å². The van der Waals surface area contributed by atoms with Gasteiger partial charge < -0.3 is 14.8 Å². The van der Waals surface area contributed by atoms with Crippen molar-refractivity contribution in [1.29, 1.82) is 0 Å². The fourth-order valence-electron chi connectivity index (χ4n) is 3.96. The molecule has 0 saturated carbocycles. The quantitative estimate of drug-likeness (QED) is 0.574. The molecule has 4 rings (SSSR count). The van der Waals surface area contributed by atoms with Gasteiger partial charge in [-0.05, 0) is 60.4 Å². The Morgan fingerprint density at radius 2 is 1.76 bits per heavy atom. The molecule has 8 heteroatoms. The van der Waals surface area contributed by atoms with E-state index in [4.69, 9.17) is 9.47 Å². The molecule has 0 atom stereocenters. The molecule has 3 aromatic rings. The molecule has 172 valence electrons. The number of carbonyl (C=O) groups excluding carboxylic acids is 1. The third-order valence-electron chi connectivity index (χ3n) is 5.77. The summed E-state index contributed by atoms with van der Waals surface area (Å²) in [4.78, 5) is 13.0. The van der Waals surface area contributed by atoms with Crippen molar-refractivity contribution in [3.05, 3.63) is 82.9 Å². The Hall–Kier alpha value is -3.52. The lowest BCUT2D eigenvalue weighted by Crippen LogP contribution is -2.30. The summed E-state index contributed by atoms with van der Waals surface area (Å²) in [6, 6.07) is 17.5. The van der Waals surface area contributed by atoms with Crippen LogP contribution in [0.3, 0.4) is 0 Å². The number of rotatable bonds is 7. The van der Waals surface area contributed by atoms with E-state index in [-0.39, 0.29) is 17.0 Å². The van der Waals surface area contributed by atoms with E-state index in [1.807, 2.05) is 43.3 Å². The Morgan fingerprint density at radius 1 is 1.00 bits per heavy atom.